The highest BCUT2D eigenvalue weighted by atomic mass is 28.2. The van der Waals surface area contributed by atoms with Crippen molar-refractivity contribution >= 4 is 26.4 Å². The molecule has 1 aliphatic heterocycles. The molecule has 1 saturated heterocycles. The van der Waals surface area contributed by atoms with E-state index in [0.717, 1.165) is 6.61 Å². The van der Waals surface area contributed by atoms with Crippen molar-refractivity contribution in [1.82, 2.24) is 0 Å². The molecule has 0 N–H and O–H groups in total. The van der Waals surface area contributed by atoms with E-state index in [1.54, 1.807) is 0 Å². The van der Waals surface area contributed by atoms with Gasteiger partial charge >= 0.3 is 0 Å². The molecule has 2 aromatic carbocycles. The molecule has 112 valence electrons. The predicted molar refractivity (Wildman–Crippen MR) is 97.0 cm³/mol. The fourth-order valence-corrected chi connectivity index (χ4v) is 6.03. The van der Waals surface area contributed by atoms with Gasteiger partial charge in [0.1, 0.15) is 0 Å². The average molecular weight is 306 g/mol. The first kappa shape index (κ1) is 14.0. The third kappa shape index (κ3) is 2.10. The second-order valence-corrected chi connectivity index (χ2v) is 8.68. The minimum atomic E-state index is -0.480. The monoisotopic (exact) mass is 306 g/mol. The van der Waals surface area contributed by atoms with Crippen LogP contribution in [0.5, 0.6) is 0 Å². The van der Waals surface area contributed by atoms with Crippen molar-refractivity contribution in [2.24, 2.45) is 0 Å². The zero-order chi connectivity index (χ0) is 15.0. The van der Waals surface area contributed by atoms with Crippen molar-refractivity contribution in [3.63, 3.8) is 0 Å². The van der Waals surface area contributed by atoms with Crippen molar-refractivity contribution in [2.45, 2.75) is 30.4 Å². The van der Waals surface area contributed by atoms with E-state index in [0.29, 0.717) is 5.92 Å². The quantitative estimate of drug-likeness (QED) is 0.774. The van der Waals surface area contributed by atoms with Crippen LogP contribution in [0.15, 0.2) is 54.8 Å². The molecule has 4 rings (SSSR count). The number of hydrogen-bond acceptors (Lipinski definition) is 1. The molecule has 0 aromatic heterocycles. The van der Waals surface area contributed by atoms with Crippen molar-refractivity contribution in [3.05, 3.63) is 65.9 Å². The van der Waals surface area contributed by atoms with Crippen molar-refractivity contribution in [1.29, 1.82) is 0 Å². The highest BCUT2D eigenvalue weighted by molar-refractivity contribution is 6.46. The summed E-state index contributed by atoms with van der Waals surface area (Å²) >= 11 is 0. The van der Waals surface area contributed by atoms with E-state index in [1.807, 2.05) is 0 Å². The maximum atomic E-state index is 6.43. The Bertz CT molecular complexity index is 735. The zero-order valence-electron chi connectivity index (χ0n) is 12.9. The maximum Gasteiger partial charge on any atom is 0.0839 e. The lowest BCUT2D eigenvalue weighted by molar-refractivity contribution is -0.0280. The number of ether oxygens (including phenoxy) is 1. The van der Waals surface area contributed by atoms with E-state index in [4.69, 9.17) is 4.74 Å². The molecule has 2 aliphatic rings. The molecular formula is C20H22OSi. The van der Waals surface area contributed by atoms with E-state index < -0.39 is 9.52 Å². The highest BCUT2D eigenvalue weighted by Crippen LogP contribution is 2.44. The van der Waals surface area contributed by atoms with Gasteiger partial charge in [-0.3, -0.25) is 0 Å². The molecule has 2 aromatic rings. The van der Waals surface area contributed by atoms with Crippen LogP contribution in [-0.2, 0) is 4.74 Å². The highest BCUT2D eigenvalue weighted by Gasteiger charge is 2.41. The number of benzene rings is 2. The summed E-state index contributed by atoms with van der Waals surface area (Å²) in [7, 11) is -0.480. The Balaban J connectivity index is 1.88. The standard InChI is InChI=1S/C20H22OSi/c1-2-22-20(13-3-4-14-21-20)18-12-11-16-8-5-7-15-9-6-10-17(18)19(15)16/h2,5-12,18H,1,3-4,13-14,22H2. The lowest BCUT2D eigenvalue weighted by atomic mass is 9.80. The van der Waals surface area contributed by atoms with Crippen LogP contribution in [0.2, 0.25) is 0 Å². The summed E-state index contributed by atoms with van der Waals surface area (Å²) in [6, 6.07) is 13.3. The van der Waals surface area contributed by atoms with E-state index >= 15 is 0 Å². The number of rotatable bonds is 3. The molecule has 0 bridgehead atoms. The van der Waals surface area contributed by atoms with Gasteiger partial charge in [0.25, 0.3) is 0 Å². The summed E-state index contributed by atoms with van der Waals surface area (Å²) in [5.74, 6) is 0.385. The van der Waals surface area contributed by atoms with Gasteiger partial charge in [0.05, 0.1) is 14.7 Å². The summed E-state index contributed by atoms with van der Waals surface area (Å²) < 4.78 is 6.43. The van der Waals surface area contributed by atoms with E-state index in [2.05, 4.69) is 60.8 Å². The lowest BCUT2D eigenvalue weighted by Gasteiger charge is -2.43. The largest absolute Gasteiger partial charge is 0.378 e. The first-order valence-corrected chi connectivity index (χ1v) is 9.81. The fourth-order valence-electron chi connectivity index (χ4n) is 4.21. The molecular weight excluding hydrogens is 284 g/mol. The lowest BCUT2D eigenvalue weighted by Crippen LogP contribution is -2.47. The van der Waals surface area contributed by atoms with Crippen molar-refractivity contribution in [3.8, 4) is 0 Å². The Hall–Kier alpha value is -1.64. The van der Waals surface area contributed by atoms with E-state index in [1.165, 1.54) is 41.2 Å². The van der Waals surface area contributed by atoms with Gasteiger partial charge in [-0.1, -0.05) is 48.6 Å². The predicted octanol–water partition coefficient (Wildman–Crippen LogP) is 4.16. The van der Waals surface area contributed by atoms with Gasteiger partial charge in [0.15, 0.2) is 0 Å². The van der Waals surface area contributed by atoms with E-state index in [-0.39, 0.29) is 5.22 Å². The minimum absolute atomic E-state index is 0.0261. The Labute approximate surface area is 134 Å². The topological polar surface area (TPSA) is 9.23 Å². The summed E-state index contributed by atoms with van der Waals surface area (Å²) in [6.45, 7) is 4.95. The first-order chi connectivity index (χ1) is 10.8. The maximum absolute atomic E-state index is 6.43. The van der Waals surface area contributed by atoms with Gasteiger partial charge in [-0.2, -0.15) is 0 Å². The Morgan fingerprint density at radius 1 is 1.18 bits per heavy atom. The minimum Gasteiger partial charge on any atom is -0.378 e. The zero-order valence-corrected chi connectivity index (χ0v) is 14.3. The Morgan fingerprint density at radius 3 is 2.82 bits per heavy atom. The molecule has 0 saturated carbocycles. The summed E-state index contributed by atoms with van der Waals surface area (Å²) in [5, 5.41) is 2.79. The Morgan fingerprint density at radius 2 is 2.05 bits per heavy atom. The third-order valence-electron chi connectivity index (χ3n) is 5.21. The van der Waals surface area contributed by atoms with Crippen molar-refractivity contribution < 1.29 is 4.74 Å². The van der Waals surface area contributed by atoms with Crippen LogP contribution in [0.25, 0.3) is 16.8 Å². The third-order valence-corrected chi connectivity index (χ3v) is 7.19. The van der Waals surface area contributed by atoms with Gasteiger partial charge in [-0.15, -0.1) is 12.3 Å². The smallest absolute Gasteiger partial charge is 0.0839 e. The normalized spacial score (nSPS) is 27.5. The van der Waals surface area contributed by atoms with Gasteiger partial charge in [0.2, 0.25) is 0 Å². The van der Waals surface area contributed by atoms with Crippen LogP contribution in [0, 0.1) is 0 Å². The molecule has 0 radical (unpaired) electrons. The van der Waals surface area contributed by atoms with Crippen LogP contribution in [0.1, 0.15) is 36.3 Å². The molecule has 1 heterocycles. The molecule has 2 unspecified atom stereocenters. The first-order valence-electron chi connectivity index (χ1n) is 8.29. The van der Waals surface area contributed by atoms with Gasteiger partial charge < -0.3 is 4.74 Å². The summed E-state index contributed by atoms with van der Waals surface area (Å²) in [4.78, 5) is 0. The van der Waals surface area contributed by atoms with Crippen LogP contribution >= 0.6 is 0 Å². The molecule has 2 atom stereocenters. The van der Waals surface area contributed by atoms with Crippen LogP contribution in [-0.4, -0.2) is 21.4 Å². The SMILES string of the molecule is C=C[SiH2]C1(C2C=Cc3cccc4cccc2c34)CCCCO1. The molecule has 22 heavy (non-hydrogen) atoms. The van der Waals surface area contributed by atoms with Gasteiger partial charge in [0, 0.05) is 12.5 Å². The summed E-state index contributed by atoms with van der Waals surface area (Å²) in [5.41, 5.74) is 4.96. The molecule has 1 nitrogen and oxygen atoms in total. The van der Waals surface area contributed by atoms with Gasteiger partial charge in [-0.25, -0.2) is 0 Å². The van der Waals surface area contributed by atoms with Crippen molar-refractivity contribution in [2.75, 3.05) is 6.61 Å². The molecule has 0 amide bonds. The molecule has 1 aliphatic carbocycles. The van der Waals surface area contributed by atoms with E-state index in [9.17, 15) is 0 Å². The average Bonchev–Trinajstić information content (AvgIpc) is 2.57. The second kappa shape index (κ2) is 5.53. The summed E-state index contributed by atoms with van der Waals surface area (Å²) in [6.07, 6.45) is 8.35. The van der Waals surface area contributed by atoms with Gasteiger partial charge in [-0.05, 0) is 41.2 Å². The number of hydrogen-bond donors (Lipinski definition) is 0. The fraction of sp³-hybridized carbons (Fsp3) is 0.300. The second-order valence-electron chi connectivity index (χ2n) is 6.49. The Kier molecular flexibility index (Phi) is 3.51. The molecule has 1 fully saturated rings. The molecule has 2 heteroatoms. The molecule has 0 spiro atoms. The van der Waals surface area contributed by atoms with Crippen LogP contribution in [0.4, 0.5) is 0 Å². The van der Waals surface area contributed by atoms with Crippen LogP contribution in [0.3, 0.4) is 0 Å². The van der Waals surface area contributed by atoms with Crippen LogP contribution < -0.4 is 0 Å².